The molecule has 3 N–H and O–H groups in total. The van der Waals surface area contributed by atoms with Gasteiger partial charge in [-0.3, -0.25) is 10.2 Å². The van der Waals surface area contributed by atoms with E-state index in [1.54, 1.807) is 0 Å². The van der Waals surface area contributed by atoms with E-state index >= 15 is 0 Å². The van der Waals surface area contributed by atoms with Gasteiger partial charge in [-0.2, -0.15) is 0 Å². The Labute approximate surface area is 102 Å². The third-order valence-corrected chi connectivity index (χ3v) is 2.55. The molecule has 0 atom stereocenters. The maximum atomic E-state index is 10.9. The maximum Gasteiger partial charge on any atom is 0.233 e. The average molecular weight is 236 g/mol. The summed E-state index contributed by atoms with van der Waals surface area (Å²) in [5.41, 5.74) is 4.48. The van der Waals surface area contributed by atoms with Gasteiger partial charge in [-0.1, -0.05) is 17.7 Å². The number of hydrazine groups is 1. The molecular formula is C13H20N2O2. The van der Waals surface area contributed by atoms with Crippen LogP contribution in [0.3, 0.4) is 0 Å². The molecule has 0 aliphatic rings. The van der Waals surface area contributed by atoms with E-state index in [0.717, 1.165) is 24.2 Å². The van der Waals surface area contributed by atoms with E-state index in [-0.39, 0.29) is 5.91 Å². The van der Waals surface area contributed by atoms with Gasteiger partial charge in [-0.05, 0) is 38.3 Å². The van der Waals surface area contributed by atoms with Crippen molar-refractivity contribution in [2.75, 3.05) is 6.61 Å². The Morgan fingerprint density at radius 2 is 2.12 bits per heavy atom. The Balaban J connectivity index is 2.24. The number of hydrogen-bond acceptors (Lipinski definition) is 3. The fraction of sp³-hybridized carbons (Fsp3) is 0.462. The van der Waals surface area contributed by atoms with Crippen molar-refractivity contribution < 1.29 is 9.53 Å². The maximum absolute atomic E-state index is 10.9. The zero-order valence-electron chi connectivity index (χ0n) is 10.5. The molecule has 4 nitrogen and oxygen atoms in total. The molecule has 1 aromatic carbocycles. The summed E-state index contributed by atoms with van der Waals surface area (Å²) in [5, 5.41) is 0. The zero-order chi connectivity index (χ0) is 12.7. The predicted octanol–water partition coefficient (Wildman–Crippen LogP) is 1.84. The van der Waals surface area contributed by atoms with Gasteiger partial charge in [0.15, 0.2) is 0 Å². The van der Waals surface area contributed by atoms with Gasteiger partial charge in [-0.25, -0.2) is 5.84 Å². The lowest BCUT2D eigenvalue weighted by Crippen LogP contribution is -2.29. The largest absolute Gasteiger partial charge is 0.493 e. The number of nitrogens with two attached hydrogens (primary N) is 1. The topological polar surface area (TPSA) is 64.3 Å². The van der Waals surface area contributed by atoms with Crippen LogP contribution in [0.15, 0.2) is 18.2 Å². The molecule has 17 heavy (non-hydrogen) atoms. The highest BCUT2D eigenvalue weighted by atomic mass is 16.5. The highest BCUT2D eigenvalue weighted by Crippen LogP contribution is 2.18. The summed E-state index contributed by atoms with van der Waals surface area (Å²) < 4.78 is 5.64. The molecule has 0 aliphatic heterocycles. The first-order valence-electron chi connectivity index (χ1n) is 5.83. The number of hydrogen-bond donors (Lipinski definition) is 2. The molecule has 0 fully saturated rings. The van der Waals surface area contributed by atoms with Gasteiger partial charge in [0.25, 0.3) is 0 Å². The molecule has 0 radical (unpaired) electrons. The first-order chi connectivity index (χ1) is 8.13. The molecule has 1 aromatic rings. The van der Waals surface area contributed by atoms with E-state index in [2.05, 4.69) is 18.4 Å². The minimum Gasteiger partial charge on any atom is -0.493 e. The smallest absolute Gasteiger partial charge is 0.233 e. The molecule has 0 unspecified atom stereocenters. The van der Waals surface area contributed by atoms with Crippen molar-refractivity contribution in [2.24, 2.45) is 5.84 Å². The number of ether oxygens (including phenoxy) is 1. The molecule has 0 aromatic heterocycles. The lowest BCUT2D eigenvalue weighted by atomic mass is 10.1. The Morgan fingerprint density at radius 3 is 2.76 bits per heavy atom. The van der Waals surface area contributed by atoms with Crippen molar-refractivity contribution in [3.63, 3.8) is 0 Å². The summed E-state index contributed by atoms with van der Waals surface area (Å²) in [7, 11) is 0. The van der Waals surface area contributed by atoms with E-state index in [1.807, 2.05) is 19.1 Å². The molecule has 0 aliphatic carbocycles. The molecule has 0 saturated heterocycles. The third-order valence-electron chi connectivity index (χ3n) is 2.55. The standard InChI is InChI=1S/C13H20N2O2/c1-10-6-7-12(11(2)9-10)17-8-4-3-5-13(16)15-14/h6-7,9H,3-5,8,14H2,1-2H3,(H,15,16). The number of rotatable bonds is 6. The second kappa shape index (κ2) is 6.91. The zero-order valence-corrected chi connectivity index (χ0v) is 10.5. The van der Waals surface area contributed by atoms with Crippen molar-refractivity contribution in [1.82, 2.24) is 5.43 Å². The van der Waals surface area contributed by atoms with Crippen LogP contribution in [-0.4, -0.2) is 12.5 Å². The monoisotopic (exact) mass is 236 g/mol. The van der Waals surface area contributed by atoms with Gasteiger partial charge < -0.3 is 4.74 Å². The molecule has 4 heteroatoms. The number of carbonyl (C=O) groups excluding carboxylic acids is 1. The van der Waals surface area contributed by atoms with Crippen LogP contribution < -0.4 is 16.0 Å². The van der Waals surface area contributed by atoms with Gasteiger partial charge in [0.05, 0.1) is 6.61 Å². The summed E-state index contributed by atoms with van der Waals surface area (Å²) in [4.78, 5) is 10.9. The van der Waals surface area contributed by atoms with E-state index in [1.165, 1.54) is 5.56 Å². The quantitative estimate of drug-likeness (QED) is 0.343. The van der Waals surface area contributed by atoms with Crippen LogP contribution in [0, 0.1) is 13.8 Å². The minimum absolute atomic E-state index is 0.128. The van der Waals surface area contributed by atoms with Crippen LogP contribution in [-0.2, 0) is 4.79 Å². The number of benzene rings is 1. The Kier molecular flexibility index (Phi) is 5.49. The number of nitrogens with one attached hydrogen (secondary N) is 1. The van der Waals surface area contributed by atoms with Crippen LogP contribution in [0.1, 0.15) is 30.4 Å². The number of aryl methyl sites for hydroxylation is 2. The third kappa shape index (κ3) is 4.87. The predicted molar refractivity (Wildman–Crippen MR) is 67.6 cm³/mol. The summed E-state index contributed by atoms with van der Waals surface area (Å²) in [6.45, 7) is 4.72. The number of carbonyl (C=O) groups is 1. The van der Waals surface area contributed by atoms with Gasteiger partial charge >= 0.3 is 0 Å². The Hall–Kier alpha value is -1.55. The SMILES string of the molecule is Cc1ccc(OCCCCC(=O)NN)c(C)c1. The van der Waals surface area contributed by atoms with E-state index < -0.39 is 0 Å². The summed E-state index contributed by atoms with van der Waals surface area (Å²) >= 11 is 0. The molecule has 0 saturated carbocycles. The summed E-state index contributed by atoms with van der Waals surface area (Å²) in [5.74, 6) is 5.77. The average Bonchev–Trinajstić information content (AvgIpc) is 2.30. The van der Waals surface area contributed by atoms with E-state index in [0.29, 0.717) is 13.0 Å². The van der Waals surface area contributed by atoms with Crippen molar-refractivity contribution in [2.45, 2.75) is 33.1 Å². The van der Waals surface area contributed by atoms with Crippen molar-refractivity contribution in [3.8, 4) is 5.75 Å². The van der Waals surface area contributed by atoms with Crippen LogP contribution in [0.4, 0.5) is 0 Å². The molecule has 94 valence electrons. The summed E-state index contributed by atoms with van der Waals surface area (Å²) in [6, 6.07) is 6.11. The van der Waals surface area contributed by atoms with Crippen LogP contribution in [0.5, 0.6) is 5.75 Å². The highest BCUT2D eigenvalue weighted by molar-refractivity contribution is 5.75. The molecule has 0 spiro atoms. The van der Waals surface area contributed by atoms with E-state index in [4.69, 9.17) is 10.6 Å². The Morgan fingerprint density at radius 1 is 1.35 bits per heavy atom. The second-order valence-electron chi connectivity index (χ2n) is 4.14. The molecule has 0 bridgehead atoms. The molecular weight excluding hydrogens is 216 g/mol. The Bertz CT molecular complexity index is 378. The first kappa shape index (κ1) is 13.5. The molecule has 0 heterocycles. The second-order valence-corrected chi connectivity index (χ2v) is 4.14. The van der Waals surface area contributed by atoms with Gasteiger partial charge in [0.1, 0.15) is 5.75 Å². The normalized spacial score (nSPS) is 10.1. The van der Waals surface area contributed by atoms with Gasteiger partial charge in [-0.15, -0.1) is 0 Å². The molecule has 1 amide bonds. The van der Waals surface area contributed by atoms with Gasteiger partial charge in [0.2, 0.25) is 5.91 Å². The summed E-state index contributed by atoms with van der Waals surface area (Å²) in [6.07, 6.45) is 2.08. The molecule has 1 rings (SSSR count). The van der Waals surface area contributed by atoms with Crippen molar-refractivity contribution in [1.29, 1.82) is 0 Å². The number of unbranched alkanes of at least 4 members (excludes halogenated alkanes) is 1. The first-order valence-corrected chi connectivity index (χ1v) is 5.83. The van der Waals surface area contributed by atoms with Crippen LogP contribution in [0.2, 0.25) is 0 Å². The number of amides is 1. The lowest BCUT2D eigenvalue weighted by molar-refractivity contribution is -0.121. The minimum atomic E-state index is -0.128. The van der Waals surface area contributed by atoms with Gasteiger partial charge in [0, 0.05) is 6.42 Å². The fourth-order valence-corrected chi connectivity index (χ4v) is 1.60. The fourth-order valence-electron chi connectivity index (χ4n) is 1.60. The van der Waals surface area contributed by atoms with Crippen molar-refractivity contribution in [3.05, 3.63) is 29.3 Å². The van der Waals surface area contributed by atoms with Crippen LogP contribution >= 0.6 is 0 Å². The van der Waals surface area contributed by atoms with E-state index in [9.17, 15) is 4.79 Å². The highest BCUT2D eigenvalue weighted by Gasteiger charge is 2.01. The van der Waals surface area contributed by atoms with Crippen molar-refractivity contribution >= 4 is 5.91 Å². The van der Waals surface area contributed by atoms with Crippen LogP contribution in [0.25, 0.3) is 0 Å². The lowest BCUT2D eigenvalue weighted by Gasteiger charge is -2.09.